The van der Waals surface area contributed by atoms with Crippen molar-refractivity contribution in [1.29, 1.82) is 0 Å². The van der Waals surface area contributed by atoms with Crippen molar-refractivity contribution >= 4 is 29.0 Å². The molecule has 0 bridgehead atoms. The Balaban J connectivity index is 1.80. The van der Waals surface area contributed by atoms with E-state index in [0.29, 0.717) is 29.4 Å². The summed E-state index contributed by atoms with van der Waals surface area (Å²) in [4.78, 5) is 24.1. The van der Waals surface area contributed by atoms with Crippen LogP contribution in [0.25, 0.3) is 0 Å². The first-order valence-electron chi connectivity index (χ1n) is 8.26. The lowest BCUT2D eigenvalue weighted by atomic mass is 9.83. The van der Waals surface area contributed by atoms with Crippen molar-refractivity contribution in [3.05, 3.63) is 59.7 Å². The number of benzene rings is 2. The summed E-state index contributed by atoms with van der Waals surface area (Å²) in [6, 6.07) is 9.13. The lowest BCUT2D eigenvalue weighted by molar-refractivity contribution is -0.129. The molecular weight excluding hydrogens is 354 g/mol. The molecule has 8 heteroatoms. The number of hydrazone groups is 1. The minimum absolute atomic E-state index is 0.144. The number of hydrogen-bond donors (Lipinski definition) is 3. The first-order valence-corrected chi connectivity index (χ1v) is 8.26. The van der Waals surface area contributed by atoms with Crippen molar-refractivity contribution in [2.45, 2.75) is 20.3 Å². The molecule has 0 saturated carbocycles. The van der Waals surface area contributed by atoms with Crippen LogP contribution in [-0.2, 0) is 4.79 Å². The monoisotopic (exact) mass is 372 g/mol. The zero-order chi connectivity index (χ0) is 19.6. The van der Waals surface area contributed by atoms with Crippen molar-refractivity contribution in [3.63, 3.8) is 0 Å². The number of nitrogens with zero attached hydrogens (tertiary/aromatic N) is 1. The van der Waals surface area contributed by atoms with E-state index in [4.69, 9.17) is 0 Å². The molecule has 0 radical (unpaired) electrons. The van der Waals surface area contributed by atoms with E-state index in [2.05, 4.69) is 21.2 Å². The molecule has 3 N–H and O–H groups in total. The Hall–Kier alpha value is -3.29. The molecule has 0 saturated heterocycles. The highest BCUT2D eigenvalue weighted by molar-refractivity contribution is 6.11. The molecule has 1 aliphatic heterocycles. The third-order valence-corrected chi connectivity index (χ3v) is 4.18. The largest absolute Gasteiger partial charge is 0.323 e. The Morgan fingerprint density at radius 2 is 1.81 bits per heavy atom. The Kier molecular flexibility index (Phi) is 4.89. The summed E-state index contributed by atoms with van der Waals surface area (Å²) in [7, 11) is 0. The van der Waals surface area contributed by atoms with Crippen LogP contribution in [0.15, 0.2) is 47.6 Å². The number of rotatable bonds is 3. The van der Waals surface area contributed by atoms with Crippen LogP contribution in [0.5, 0.6) is 0 Å². The molecule has 0 aromatic heterocycles. The SMILES string of the molecule is CC1(C)CC(c2ccccc2NC(=O)Nc2ccc(F)cc2F)=NNC1=O. The van der Waals surface area contributed by atoms with Gasteiger partial charge in [0.2, 0.25) is 5.91 Å². The third-order valence-electron chi connectivity index (χ3n) is 4.18. The molecule has 140 valence electrons. The Morgan fingerprint density at radius 1 is 1.11 bits per heavy atom. The minimum atomic E-state index is -0.875. The van der Waals surface area contributed by atoms with Crippen LogP contribution in [0, 0.1) is 17.0 Å². The summed E-state index contributed by atoms with van der Waals surface area (Å²) in [5.41, 5.74) is 3.41. The van der Waals surface area contributed by atoms with Gasteiger partial charge in [0.25, 0.3) is 0 Å². The van der Waals surface area contributed by atoms with Crippen molar-refractivity contribution in [2.75, 3.05) is 10.6 Å². The van der Waals surface area contributed by atoms with Gasteiger partial charge >= 0.3 is 6.03 Å². The standard InChI is InChI=1S/C19H18F2N4O2/c1-19(2)10-16(24-25-17(19)26)12-5-3-4-6-14(12)22-18(27)23-15-8-7-11(20)9-13(15)21/h3-9H,10H2,1-2H3,(H,25,26)(H2,22,23,27). The minimum Gasteiger partial charge on any atom is -0.307 e. The molecule has 0 fully saturated rings. The predicted molar refractivity (Wildman–Crippen MR) is 98.5 cm³/mol. The first kappa shape index (κ1) is 18.5. The molecule has 27 heavy (non-hydrogen) atoms. The number of carbonyl (C=O) groups excluding carboxylic acids is 2. The van der Waals surface area contributed by atoms with E-state index in [1.807, 2.05) is 0 Å². The van der Waals surface area contributed by atoms with E-state index in [1.54, 1.807) is 38.1 Å². The van der Waals surface area contributed by atoms with Crippen LogP contribution in [0.4, 0.5) is 25.0 Å². The summed E-state index contributed by atoms with van der Waals surface area (Å²) in [5, 5.41) is 9.07. The Bertz CT molecular complexity index is 941. The highest BCUT2D eigenvalue weighted by atomic mass is 19.1. The number of carbonyl (C=O) groups is 2. The van der Waals surface area contributed by atoms with Gasteiger partial charge in [-0.25, -0.2) is 19.0 Å². The van der Waals surface area contributed by atoms with Gasteiger partial charge in [0.1, 0.15) is 11.6 Å². The molecule has 0 spiro atoms. The van der Waals surface area contributed by atoms with E-state index in [9.17, 15) is 18.4 Å². The second-order valence-corrected chi connectivity index (χ2v) is 6.81. The van der Waals surface area contributed by atoms with Crippen LogP contribution in [0.1, 0.15) is 25.8 Å². The highest BCUT2D eigenvalue weighted by Crippen LogP contribution is 2.29. The topological polar surface area (TPSA) is 82.6 Å². The van der Waals surface area contributed by atoms with Crippen molar-refractivity contribution in [3.8, 4) is 0 Å². The maximum Gasteiger partial charge on any atom is 0.323 e. The van der Waals surface area contributed by atoms with Crippen molar-refractivity contribution < 1.29 is 18.4 Å². The van der Waals surface area contributed by atoms with Crippen LogP contribution < -0.4 is 16.1 Å². The van der Waals surface area contributed by atoms with E-state index in [-0.39, 0.29) is 11.6 Å². The highest BCUT2D eigenvalue weighted by Gasteiger charge is 2.33. The second-order valence-electron chi connectivity index (χ2n) is 6.81. The average Bonchev–Trinajstić information content (AvgIpc) is 2.60. The van der Waals surface area contributed by atoms with Gasteiger partial charge in [-0.2, -0.15) is 5.10 Å². The molecule has 3 amide bonds. The lowest BCUT2D eigenvalue weighted by Crippen LogP contribution is -2.41. The molecule has 3 rings (SSSR count). The van der Waals surface area contributed by atoms with Gasteiger partial charge in [-0.3, -0.25) is 4.79 Å². The van der Waals surface area contributed by atoms with Crippen LogP contribution in [0.2, 0.25) is 0 Å². The zero-order valence-electron chi connectivity index (χ0n) is 14.8. The smallest absolute Gasteiger partial charge is 0.307 e. The number of hydrogen-bond acceptors (Lipinski definition) is 3. The summed E-state index contributed by atoms with van der Waals surface area (Å²) >= 11 is 0. The summed E-state index contributed by atoms with van der Waals surface area (Å²) < 4.78 is 26.7. The van der Waals surface area contributed by atoms with Crippen LogP contribution >= 0.6 is 0 Å². The molecule has 1 heterocycles. The fourth-order valence-corrected chi connectivity index (χ4v) is 2.67. The van der Waals surface area contributed by atoms with Gasteiger partial charge in [0.05, 0.1) is 22.5 Å². The maximum atomic E-state index is 13.7. The first-order chi connectivity index (χ1) is 12.8. The van der Waals surface area contributed by atoms with E-state index in [1.165, 1.54) is 0 Å². The molecule has 2 aromatic carbocycles. The lowest BCUT2D eigenvalue weighted by Gasteiger charge is -2.28. The number of nitrogens with one attached hydrogen (secondary N) is 3. The summed E-state index contributed by atoms with van der Waals surface area (Å²) in [5.74, 6) is -1.79. The van der Waals surface area contributed by atoms with Crippen molar-refractivity contribution in [2.24, 2.45) is 10.5 Å². The van der Waals surface area contributed by atoms with Crippen LogP contribution in [-0.4, -0.2) is 17.6 Å². The molecule has 6 nitrogen and oxygen atoms in total. The molecule has 0 atom stereocenters. The predicted octanol–water partition coefficient (Wildman–Crippen LogP) is 3.86. The number of anilines is 2. The third kappa shape index (κ3) is 4.11. The van der Waals surface area contributed by atoms with Gasteiger partial charge in [0.15, 0.2) is 0 Å². The number of para-hydroxylation sites is 1. The Morgan fingerprint density at radius 3 is 2.52 bits per heavy atom. The zero-order valence-corrected chi connectivity index (χ0v) is 14.8. The average molecular weight is 372 g/mol. The van der Waals surface area contributed by atoms with E-state index < -0.39 is 23.1 Å². The number of urea groups is 1. The van der Waals surface area contributed by atoms with Crippen molar-refractivity contribution in [1.82, 2.24) is 5.43 Å². The maximum absolute atomic E-state index is 13.7. The molecule has 0 unspecified atom stereocenters. The van der Waals surface area contributed by atoms with E-state index >= 15 is 0 Å². The molecule has 1 aliphatic rings. The number of amides is 3. The fraction of sp³-hybridized carbons (Fsp3) is 0.211. The van der Waals surface area contributed by atoms with Gasteiger partial charge < -0.3 is 10.6 Å². The molecule has 2 aromatic rings. The second kappa shape index (κ2) is 7.14. The van der Waals surface area contributed by atoms with E-state index in [0.717, 1.165) is 12.1 Å². The van der Waals surface area contributed by atoms with Gasteiger partial charge in [0, 0.05) is 18.1 Å². The summed E-state index contributed by atoms with van der Waals surface area (Å²) in [6.07, 6.45) is 0.395. The van der Waals surface area contributed by atoms with Gasteiger partial charge in [-0.15, -0.1) is 0 Å². The molecule has 0 aliphatic carbocycles. The molecular formula is C19H18F2N4O2. The summed E-state index contributed by atoms with van der Waals surface area (Å²) in [6.45, 7) is 3.61. The van der Waals surface area contributed by atoms with Gasteiger partial charge in [-0.1, -0.05) is 32.0 Å². The van der Waals surface area contributed by atoms with Crippen LogP contribution in [0.3, 0.4) is 0 Å². The number of halogens is 2. The normalized spacial score (nSPS) is 15.6. The van der Waals surface area contributed by atoms with Gasteiger partial charge in [-0.05, 0) is 18.2 Å². The Labute approximate surface area is 154 Å². The fourth-order valence-electron chi connectivity index (χ4n) is 2.67. The quantitative estimate of drug-likeness (QED) is 0.765.